The van der Waals surface area contributed by atoms with Crippen molar-refractivity contribution in [3.63, 3.8) is 0 Å². The molecule has 4 nitrogen and oxygen atoms in total. The molecule has 0 saturated carbocycles. The number of ether oxygens (including phenoxy) is 1. The molecule has 0 spiro atoms. The number of phenols is 1. The van der Waals surface area contributed by atoms with Gasteiger partial charge in [0.2, 0.25) is 0 Å². The highest BCUT2D eigenvalue weighted by molar-refractivity contribution is 8.00. The summed E-state index contributed by atoms with van der Waals surface area (Å²) in [5, 5.41) is 13.0. The largest absolute Gasteiger partial charge is 0.504 e. The van der Waals surface area contributed by atoms with Crippen molar-refractivity contribution in [1.29, 1.82) is 0 Å². The van der Waals surface area contributed by atoms with Gasteiger partial charge in [-0.15, -0.1) is 0 Å². The van der Waals surface area contributed by atoms with Crippen LogP contribution in [-0.2, 0) is 0 Å². The maximum Gasteiger partial charge on any atom is 0.251 e. The fraction of sp³-hybridized carbons (Fsp3) is 0.462. The normalized spacial score (nSPS) is 18.6. The van der Waals surface area contributed by atoms with Crippen LogP contribution in [0.4, 0.5) is 0 Å². The fourth-order valence-electron chi connectivity index (χ4n) is 1.95. The molecule has 1 aliphatic rings. The number of hydrogen-bond acceptors (Lipinski definition) is 4. The van der Waals surface area contributed by atoms with E-state index < -0.39 is 0 Å². The highest BCUT2D eigenvalue weighted by Gasteiger charge is 2.17. The van der Waals surface area contributed by atoms with E-state index in [0.29, 0.717) is 23.1 Å². The van der Waals surface area contributed by atoms with Gasteiger partial charge in [-0.2, -0.15) is 11.8 Å². The second-order valence-electron chi connectivity index (χ2n) is 4.23. The summed E-state index contributed by atoms with van der Waals surface area (Å²) < 4.78 is 4.94. The van der Waals surface area contributed by atoms with Crippen molar-refractivity contribution < 1.29 is 14.6 Å². The van der Waals surface area contributed by atoms with Gasteiger partial charge >= 0.3 is 0 Å². The van der Waals surface area contributed by atoms with Gasteiger partial charge in [-0.1, -0.05) is 0 Å². The first kappa shape index (κ1) is 13.1. The molecule has 1 atom stereocenters. The molecule has 1 heterocycles. The van der Waals surface area contributed by atoms with Crippen molar-refractivity contribution in [2.75, 3.05) is 19.4 Å². The van der Waals surface area contributed by atoms with Crippen LogP contribution < -0.4 is 10.1 Å². The van der Waals surface area contributed by atoms with E-state index in [-0.39, 0.29) is 11.7 Å². The summed E-state index contributed by atoms with van der Waals surface area (Å²) in [5.74, 6) is 1.39. The van der Waals surface area contributed by atoms with E-state index in [0.717, 1.165) is 0 Å². The Bertz CT molecular complexity index is 430. The molecule has 0 radical (unpaired) electrons. The topological polar surface area (TPSA) is 58.6 Å². The van der Waals surface area contributed by atoms with Crippen LogP contribution in [0.15, 0.2) is 18.2 Å². The van der Waals surface area contributed by atoms with Crippen LogP contribution in [-0.4, -0.2) is 35.7 Å². The molecule has 1 aliphatic heterocycles. The number of rotatable bonds is 4. The van der Waals surface area contributed by atoms with Crippen LogP contribution in [0.3, 0.4) is 0 Å². The number of carbonyl (C=O) groups excluding carboxylic acids is 1. The van der Waals surface area contributed by atoms with Gasteiger partial charge in [0.25, 0.3) is 5.91 Å². The minimum absolute atomic E-state index is 0.0135. The average Bonchev–Trinajstić information content (AvgIpc) is 2.89. The number of hydrogen-bond donors (Lipinski definition) is 2. The molecule has 2 rings (SSSR count). The van der Waals surface area contributed by atoms with Crippen LogP contribution in [0.2, 0.25) is 0 Å². The fourth-order valence-corrected chi connectivity index (χ4v) is 3.15. The molecule has 2 N–H and O–H groups in total. The summed E-state index contributed by atoms with van der Waals surface area (Å²) in [6.45, 7) is 0.691. The predicted octanol–water partition coefficient (Wildman–Crippen LogP) is 2.03. The smallest absolute Gasteiger partial charge is 0.251 e. The Balaban J connectivity index is 1.93. The number of carbonyl (C=O) groups is 1. The Kier molecular flexibility index (Phi) is 4.36. The maximum atomic E-state index is 11.9. The minimum Gasteiger partial charge on any atom is -0.504 e. The summed E-state index contributed by atoms with van der Waals surface area (Å²) in [6.07, 6.45) is 2.40. The number of thioether (sulfide) groups is 1. The third-order valence-electron chi connectivity index (χ3n) is 2.96. The zero-order chi connectivity index (χ0) is 13.0. The van der Waals surface area contributed by atoms with E-state index in [1.807, 2.05) is 11.8 Å². The maximum absolute atomic E-state index is 11.9. The van der Waals surface area contributed by atoms with E-state index in [9.17, 15) is 9.90 Å². The average molecular weight is 267 g/mol. The molecule has 5 heteroatoms. The molecule has 18 heavy (non-hydrogen) atoms. The molecule has 1 fully saturated rings. The monoisotopic (exact) mass is 267 g/mol. The Morgan fingerprint density at radius 1 is 1.61 bits per heavy atom. The van der Waals surface area contributed by atoms with Gasteiger partial charge in [-0.3, -0.25) is 4.79 Å². The van der Waals surface area contributed by atoms with Gasteiger partial charge in [-0.05, 0) is 36.8 Å². The number of methoxy groups -OCH3 is 1. The summed E-state index contributed by atoms with van der Waals surface area (Å²) in [5.41, 5.74) is 0.455. The molecule has 1 aromatic rings. The SMILES string of the molecule is COc1ccc(C(=O)NCC2CCCS2)cc1O. The van der Waals surface area contributed by atoms with Crippen LogP contribution in [0, 0.1) is 0 Å². The van der Waals surface area contributed by atoms with E-state index in [1.165, 1.54) is 31.8 Å². The molecular formula is C13H17NO3S. The molecule has 1 amide bonds. The zero-order valence-corrected chi connectivity index (χ0v) is 11.1. The molecule has 98 valence electrons. The Morgan fingerprint density at radius 2 is 2.44 bits per heavy atom. The van der Waals surface area contributed by atoms with Crippen molar-refractivity contribution in [1.82, 2.24) is 5.32 Å². The predicted molar refractivity (Wildman–Crippen MR) is 72.5 cm³/mol. The highest BCUT2D eigenvalue weighted by Crippen LogP contribution is 2.27. The molecular weight excluding hydrogens is 250 g/mol. The van der Waals surface area contributed by atoms with Crippen LogP contribution in [0.1, 0.15) is 23.2 Å². The molecule has 0 aliphatic carbocycles. The molecule has 1 saturated heterocycles. The molecule has 0 bridgehead atoms. The third kappa shape index (κ3) is 3.10. The van der Waals surface area contributed by atoms with E-state index in [4.69, 9.17) is 4.74 Å². The highest BCUT2D eigenvalue weighted by atomic mass is 32.2. The standard InChI is InChI=1S/C13H17NO3S/c1-17-12-5-4-9(7-11(12)15)13(16)14-8-10-3-2-6-18-10/h4-5,7,10,15H,2-3,6,8H2,1H3,(H,14,16). The first-order valence-corrected chi connectivity index (χ1v) is 7.02. The van der Waals surface area contributed by atoms with Crippen molar-refractivity contribution in [2.45, 2.75) is 18.1 Å². The number of nitrogens with one attached hydrogen (secondary N) is 1. The summed E-state index contributed by atoms with van der Waals surface area (Å²) in [4.78, 5) is 11.9. The first-order chi connectivity index (χ1) is 8.70. The number of aromatic hydroxyl groups is 1. The minimum atomic E-state index is -0.152. The first-order valence-electron chi connectivity index (χ1n) is 5.97. The molecule has 0 aromatic heterocycles. The van der Waals surface area contributed by atoms with Gasteiger partial charge in [0.05, 0.1) is 7.11 Å². The van der Waals surface area contributed by atoms with Crippen molar-refractivity contribution in [3.05, 3.63) is 23.8 Å². The lowest BCUT2D eigenvalue weighted by molar-refractivity contribution is 0.0953. The summed E-state index contributed by atoms with van der Waals surface area (Å²) >= 11 is 1.90. The van der Waals surface area contributed by atoms with Gasteiger partial charge in [0.15, 0.2) is 11.5 Å². The van der Waals surface area contributed by atoms with Crippen molar-refractivity contribution in [3.8, 4) is 11.5 Å². The van der Waals surface area contributed by atoms with E-state index in [1.54, 1.807) is 12.1 Å². The lowest BCUT2D eigenvalue weighted by Crippen LogP contribution is -2.29. The van der Waals surface area contributed by atoms with Gasteiger partial charge < -0.3 is 15.2 Å². The van der Waals surface area contributed by atoms with Crippen molar-refractivity contribution >= 4 is 17.7 Å². The Labute approximate surface area is 111 Å². The Hall–Kier alpha value is -1.36. The number of phenolic OH excluding ortho intramolecular Hbond substituents is 1. The lowest BCUT2D eigenvalue weighted by atomic mass is 10.2. The second-order valence-corrected chi connectivity index (χ2v) is 5.64. The Morgan fingerprint density at radius 3 is 3.06 bits per heavy atom. The zero-order valence-electron chi connectivity index (χ0n) is 10.3. The van der Waals surface area contributed by atoms with E-state index >= 15 is 0 Å². The number of amides is 1. The van der Waals surface area contributed by atoms with Gasteiger partial charge in [0.1, 0.15) is 0 Å². The van der Waals surface area contributed by atoms with Gasteiger partial charge in [0, 0.05) is 17.4 Å². The molecule has 1 unspecified atom stereocenters. The quantitative estimate of drug-likeness (QED) is 0.876. The summed E-state index contributed by atoms with van der Waals surface area (Å²) in [6, 6.07) is 4.67. The molecule has 1 aromatic carbocycles. The number of benzene rings is 1. The second kappa shape index (κ2) is 6.00. The van der Waals surface area contributed by atoms with Crippen LogP contribution in [0.5, 0.6) is 11.5 Å². The summed E-state index contributed by atoms with van der Waals surface area (Å²) in [7, 11) is 1.48. The van der Waals surface area contributed by atoms with Gasteiger partial charge in [-0.25, -0.2) is 0 Å². The van der Waals surface area contributed by atoms with Crippen LogP contribution in [0.25, 0.3) is 0 Å². The lowest BCUT2D eigenvalue weighted by Gasteiger charge is -2.11. The van der Waals surface area contributed by atoms with Crippen molar-refractivity contribution in [2.24, 2.45) is 0 Å². The van der Waals surface area contributed by atoms with Crippen LogP contribution >= 0.6 is 11.8 Å². The third-order valence-corrected chi connectivity index (χ3v) is 4.35. The van der Waals surface area contributed by atoms with E-state index in [2.05, 4.69) is 5.32 Å².